The average molecular weight is 280 g/mol. The zero-order chi connectivity index (χ0) is 15.1. The number of rotatable bonds is 5. The van der Waals surface area contributed by atoms with E-state index in [0.29, 0.717) is 24.3 Å². The maximum absolute atomic E-state index is 11.7. The second-order valence-electron chi connectivity index (χ2n) is 4.42. The Kier molecular flexibility index (Phi) is 4.94. The largest absolute Gasteiger partial charge is 0.462 e. The van der Waals surface area contributed by atoms with E-state index in [1.165, 1.54) is 0 Å². The summed E-state index contributed by atoms with van der Waals surface area (Å²) >= 11 is 0. The average Bonchev–Trinajstić information content (AvgIpc) is 2.53. The summed E-state index contributed by atoms with van der Waals surface area (Å²) in [5.41, 5.74) is 2.89. The van der Waals surface area contributed by atoms with Gasteiger partial charge in [0.15, 0.2) is 0 Å². The van der Waals surface area contributed by atoms with E-state index in [9.17, 15) is 4.79 Å². The highest BCUT2D eigenvalue weighted by Gasteiger charge is 2.07. The van der Waals surface area contributed by atoms with Gasteiger partial charge in [0.25, 0.3) is 0 Å². The molecule has 0 saturated carbocycles. The summed E-state index contributed by atoms with van der Waals surface area (Å²) in [7, 11) is 0. The maximum atomic E-state index is 11.7. The molecule has 1 N–H and O–H groups in total. The fraction of sp³-hybridized carbons (Fsp3) is 0.176. The van der Waals surface area contributed by atoms with Gasteiger partial charge in [-0.05, 0) is 36.8 Å². The number of nitriles is 1. The van der Waals surface area contributed by atoms with Gasteiger partial charge in [-0.1, -0.05) is 24.3 Å². The maximum Gasteiger partial charge on any atom is 0.338 e. The highest BCUT2D eigenvalue weighted by molar-refractivity contribution is 5.90. The number of ether oxygens (including phenoxy) is 1. The van der Waals surface area contributed by atoms with Crippen molar-refractivity contribution in [1.29, 1.82) is 5.26 Å². The van der Waals surface area contributed by atoms with E-state index < -0.39 is 0 Å². The molecule has 0 saturated heterocycles. The summed E-state index contributed by atoms with van der Waals surface area (Å²) in [6.07, 6.45) is 0. The van der Waals surface area contributed by atoms with E-state index in [1.54, 1.807) is 31.2 Å². The van der Waals surface area contributed by atoms with Gasteiger partial charge in [-0.25, -0.2) is 4.79 Å². The zero-order valence-corrected chi connectivity index (χ0v) is 11.8. The minimum Gasteiger partial charge on any atom is -0.462 e. The predicted molar refractivity (Wildman–Crippen MR) is 80.9 cm³/mol. The summed E-state index contributed by atoms with van der Waals surface area (Å²) in [6, 6.07) is 16.7. The van der Waals surface area contributed by atoms with Gasteiger partial charge in [0.05, 0.1) is 23.8 Å². The first-order valence-electron chi connectivity index (χ1n) is 6.73. The van der Waals surface area contributed by atoms with Gasteiger partial charge in [0.1, 0.15) is 0 Å². The number of nitrogens with zero attached hydrogens (tertiary/aromatic N) is 1. The van der Waals surface area contributed by atoms with Crippen LogP contribution in [0.2, 0.25) is 0 Å². The van der Waals surface area contributed by atoms with E-state index in [2.05, 4.69) is 11.4 Å². The molecule has 0 aliphatic carbocycles. The molecule has 21 heavy (non-hydrogen) atoms. The summed E-state index contributed by atoms with van der Waals surface area (Å²) < 4.78 is 4.97. The first-order valence-corrected chi connectivity index (χ1v) is 6.73. The van der Waals surface area contributed by atoms with Crippen molar-refractivity contribution in [3.63, 3.8) is 0 Å². The van der Waals surface area contributed by atoms with E-state index in [4.69, 9.17) is 10.00 Å². The lowest BCUT2D eigenvalue weighted by molar-refractivity contribution is 0.0526. The van der Waals surface area contributed by atoms with Crippen molar-refractivity contribution in [2.24, 2.45) is 0 Å². The molecule has 4 nitrogen and oxygen atoms in total. The molecule has 0 bridgehead atoms. The minimum absolute atomic E-state index is 0.335. The summed E-state index contributed by atoms with van der Waals surface area (Å²) in [5.74, 6) is -0.335. The molecule has 0 heterocycles. The normalized spacial score (nSPS) is 9.71. The number of esters is 1. The SMILES string of the molecule is CCOC(=O)c1cccc(NCc2ccccc2C#N)c1. The summed E-state index contributed by atoms with van der Waals surface area (Å²) in [5, 5.41) is 12.3. The van der Waals surface area contributed by atoms with Crippen LogP contribution < -0.4 is 5.32 Å². The standard InChI is InChI=1S/C17H16N2O2/c1-2-21-17(20)13-8-5-9-16(10-13)19-12-15-7-4-3-6-14(15)11-18/h3-10,19H,2,12H2,1H3. The van der Waals surface area contributed by atoms with Crippen LogP contribution in [0.25, 0.3) is 0 Å². The quantitative estimate of drug-likeness (QED) is 0.853. The Balaban J connectivity index is 2.09. The Morgan fingerprint density at radius 1 is 1.24 bits per heavy atom. The van der Waals surface area contributed by atoms with Crippen molar-refractivity contribution < 1.29 is 9.53 Å². The van der Waals surface area contributed by atoms with E-state index in [1.807, 2.05) is 24.3 Å². The molecule has 0 fully saturated rings. The van der Waals surface area contributed by atoms with Crippen LogP contribution in [-0.2, 0) is 11.3 Å². The van der Waals surface area contributed by atoms with E-state index in [-0.39, 0.29) is 5.97 Å². The highest BCUT2D eigenvalue weighted by Crippen LogP contribution is 2.14. The molecule has 0 aliphatic rings. The fourth-order valence-corrected chi connectivity index (χ4v) is 1.95. The predicted octanol–water partition coefficient (Wildman–Crippen LogP) is 3.35. The van der Waals surface area contributed by atoms with Crippen molar-refractivity contribution in [1.82, 2.24) is 0 Å². The molecule has 2 rings (SSSR count). The molecule has 0 aliphatic heterocycles. The van der Waals surface area contributed by atoms with Crippen LogP contribution in [0, 0.1) is 11.3 Å². The van der Waals surface area contributed by atoms with Crippen molar-refractivity contribution >= 4 is 11.7 Å². The number of nitrogens with one attached hydrogen (secondary N) is 1. The lowest BCUT2D eigenvalue weighted by Gasteiger charge is -2.09. The fourth-order valence-electron chi connectivity index (χ4n) is 1.95. The van der Waals surface area contributed by atoms with Gasteiger partial charge in [0, 0.05) is 12.2 Å². The van der Waals surface area contributed by atoms with Gasteiger partial charge < -0.3 is 10.1 Å². The van der Waals surface area contributed by atoms with Crippen molar-refractivity contribution in [3.05, 3.63) is 65.2 Å². The number of carbonyl (C=O) groups is 1. The molecule has 0 unspecified atom stereocenters. The van der Waals surface area contributed by atoms with Crippen LogP contribution >= 0.6 is 0 Å². The molecule has 106 valence electrons. The Morgan fingerprint density at radius 3 is 2.81 bits per heavy atom. The molecule has 0 radical (unpaired) electrons. The van der Waals surface area contributed by atoms with Crippen LogP contribution in [0.5, 0.6) is 0 Å². The molecule has 2 aromatic carbocycles. The number of hydrogen-bond acceptors (Lipinski definition) is 4. The monoisotopic (exact) mass is 280 g/mol. The van der Waals surface area contributed by atoms with Gasteiger partial charge in [0.2, 0.25) is 0 Å². The van der Waals surface area contributed by atoms with Crippen LogP contribution in [0.15, 0.2) is 48.5 Å². The third-order valence-electron chi connectivity index (χ3n) is 2.99. The minimum atomic E-state index is -0.335. The van der Waals surface area contributed by atoms with E-state index >= 15 is 0 Å². The third-order valence-corrected chi connectivity index (χ3v) is 2.99. The Hall–Kier alpha value is -2.80. The van der Waals surface area contributed by atoms with Crippen molar-refractivity contribution in [3.8, 4) is 6.07 Å². The Labute approximate surface area is 124 Å². The van der Waals surface area contributed by atoms with Gasteiger partial charge in [-0.3, -0.25) is 0 Å². The Morgan fingerprint density at radius 2 is 2.05 bits per heavy atom. The van der Waals surface area contributed by atoms with Gasteiger partial charge in [-0.15, -0.1) is 0 Å². The first-order chi connectivity index (χ1) is 10.2. The second kappa shape index (κ2) is 7.11. The van der Waals surface area contributed by atoms with Crippen molar-refractivity contribution in [2.45, 2.75) is 13.5 Å². The van der Waals surface area contributed by atoms with Crippen LogP contribution in [0.4, 0.5) is 5.69 Å². The molecule has 0 aromatic heterocycles. The van der Waals surface area contributed by atoms with Crippen LogP contribution in [0.3, 0.4) is 0 Å². The second-order valence-corrected chi connectivity index (χ2v) is 4.42. The molecule has 0 amide bonds. The topological polar surface area (TPSA) is 62.1 Å². The number of carbonyl (C=O) groups excluding carboxylic acids is 1. The summed E-state index contributed by atoms with van der Waals surface area (Å²) in [6.45, 7) is 2.65. The number of benzene rings is 2. The lowest BCUT2D eigenvalue weighted by atomic mass is 10.1. The zero-order valence-electron chi connectivity index (χ0n) is 11.8. The van der Waals surface area contributed by atoms with Gasteiger partial charge >= 0.3 is 5.97 Å². The molecule has 0 spiro atoms. The Bertz CT molecular complexity index is 674. The van der Waals surface area contributed by atoms with Crippen LogP contribution in [-0.4, -0.2) is 12.6 Å². The number of anilines is 1. The highest BCUT2D eigenvalue weighted by atomic mass is 16.5. The molecular weight excluding hydrogens is 264 g/mol. The molecule has 4 heteroatoms. The molecular formula is C17H16N2O2. The van der Waals surface area contributed by atoms with Crippen molar-refractivity contribution in [2.75, 3.05) is 11.9 Å². The molecule has 2 aromatic rings. The van der Waals surface area contributed by atoms with E-state index in [0.717, 1.165) is 11.3 Å². The first kappa shape index (κ1) is 14.6. The lowest BCUT2D eigenvalue weighted by Crippen LogP contribution is -2.06. The third kappa shape index (κ3) is 3.83. The number of hydrogen-bond donors (Lipinski definition) is 1. The van der Waals surface area contributed by atoms with Crippen LogP contribution in [0.1, 0.15) is 28.4 Å². The molecule has 0 atom stereocenters. The van der Waals surface area contributed by atoms with Gasteiger partial charge in [-0.2, -0.15) is 5.26 Å². The smallest absolute Gasteiger partial charge is 0.338 e. The summed E-state index contributed by atoms with van der Waals surface area (Å²) in [4.78, 5) is 11.7.